The number of hydrogen-bond donors (Lipinski definition) is 1. The van der Waals surface area contributed by atoms with E-state index >= 15 is 0 Å². The van der Waals surface area contributed by atoms with Gasteiger partial charge in [-0.25, -0.2) is 4.79 Å². The largest absolute Gasteiger partial charge is 0.485 e. The van der Waals surface area contributed by atoms with E-state index in [-0.39, 0.29) is 23.7 Å². The second-order valence-electron chi connectivity index (χ2n) is 3.73. The third kappa shape index (κ3) is 3.15. The van der Waals surface area contributed by atoms with Gasteiger partial charge in [0.15, 0.2) is 0 Å². The Morgan fingerprint density at radius 1 is 1.40 bits per heavy atom. The van der Waals surface area contributed by atoms with Crippen molar-refractivity contribution in [1.29, 1.82) is 0 Å². The molecule has 0 atom stereocenters. The molecule has 20 heavy (non-hydrogen) atoms. The molecule has 0 unspecified atom stereocenters. The zero-order chi connectivity index (χ0) is 14.7. The molecule has 0 spiro atoms. The zero-order valence-corrected chi connectivity index (χ0v) is 11.5. The van der Waals surface area contributed by atoms with E-state index in [9.17, 15) is 14.9 Å². The minimum absolute atomic E-state index is 0.0135. The normalized spacial score (nSPS) is 10.2. The van der Waals surface area contributed by atoms with E-state index in [2.05, 4.69) is 15.9 Å². The van der Waals surface area contributed by atoms with Crippen LogP contribution in [-0.4, -0.2) is 16.0 Å². The van der Waals surface area contributed by atoms with Crippen LogP contribution in [0.25, 0.3) is 0 Å². The molecule has 0 aliphatic rings. The summed E-state index contributed by atoms with van der Waals surface area (Å²) in [5.41, 5.74) is -0.0135. The van der Waals surface area contributed by atoms with Gasteiger partial charge < -0.3 is 14.3 Å². The second-order valence-corrected chi connectivity index (χ2v) is 4.65. The summed E-state index contributed by atoms with van der Waals surface area (Å²) >= 11 is 3.17. The number of nitrogens with zero attached hydrogens (tertiary/aromatic N) is 1. The van der Waals surface area contributed by atoms with E-state index < -0.39 is 16.8 Å². The summed E-state index contributed by atoms with van der Waals surface area (Å²) in [5, 5.41) is 19.5. The number of benzene rings is 1. The molecule has 0 bridgehead atoms. The van der Waals surface area contributed by atoms with Gasteiger partial charge >= 0.3 is 11.9 Å². The molecule has 1 aromatic carbocycles. The van der Waals surface area contributed by atoms with Gasteiger partial charge in [-0.1, -0.05) is 15.9 Å². The molecular weight excluding hydrogens is 334 g/mol. The number of carbonyl (C=O) groups is 1. The Bertz CT molecular complexity index is 666. The van der Waals surface area contributed by atoms with Gasteiger partial charge in [0, 0.05) is 4.47 Å². The molecule has 2 aromatic rings. The summed E-state index contributed by atoms with van der Waals surface area (Å²) in [6.07, 6.45) is 0. The number of hydrogen-bond acceptors (Lipinski definition) is 5. The third-order valence-electron chi connectivity index (χ3n) is 2.37. The van der Waals surface area contributed by atoms with Crippen LogP contribution < -0.4 is 4.74 Å². The molecular formula is C12H8BrNO6. The lowest BCUT2D eigenvalue weighted by Crippen LogP contribution is -2.03. The van der Waals surface area contributed by atoms with Crippen molar-refractivity contribution in [3.8, 4) is 5.75 Å². The molecule has 104 valence electrons. The minimum Gasteiger partial charge on any atom is -0.485 e. The number of aromatic carboxylic acids is 1. The number of rotatable bonds is 5. The molecule has 8 heteroatoms. The topological polar surface area (TPSA) is 103 Å². The van der Waals surface area contributed by atoms with Crippen molar-refractivity contribution in [2.45, 2.75) is 6.61 Å². The zero-order valence-electron chi connectivity index (χ0n) is 9.91. The SMILES string of the molecule is O=C(O)c1cc(Br)ccc1OCc1ccc([N+](=O)[O-])o1. The van der Waals surface area contributed by atoms with Crippen LogP contribution in [0.5, 0.6) is 5.75 Å². The van der Waals surface area contributed by atoms with Gasteiger partial charge in [0.25, 0.3) is 0 Å². The molecule has 0 saturated carbocycles. The van der Waals surface area contributed by atoms with Crippen molar-refractivity contribution in [2.24, 2.45) is 0 Å². The Hall–Kier alpha value is -2.35. The van der Waals surface area contributed by atoms with Crippen molar-refractivity contribution in [1.82, 2.24) is 0 Å². The summed E-state index contributed by atoms with van der Waals surface area (Å²) in [6.45, 7) is -0.101. The van der Waals surface area contributed by atoms with Crippen LogP contribution in [0.2, 0.25) is 0 Å². The molecule has 7 nitrogen and oxygen atoms in total. The Balaban J connectivity index is 2.14. The first kappa shape index (κ1) is 14.1. The van der Waals surface area contributed by atoms with Crippen molar-refractivity contribution in [3.05, 3.63) is 56.2 Å². The molecule has 1 heterocycles. The predicted molar refractivity (Wildman–Crippen MR) is 70.8 cm³/mol. The summed E-state index contributed by atoms with van der Waals surface area (Å²) in [5.74, 6) is -1.14. The highest BCUT2D eigenvalue weighted by molar-refractivity contribution is 9.10. The van der Waals surface area contributed by atoms with Gasteiger partial charge in [-0.2, -0.15) is 0 Å². The Kier molecular flexibility index (Phi) is 4.04. The summed E-state index contributed by atoms with van der Waals surface area (Å²) < 4.78 is 10.8. The Morgan fingerprint density at radius 2 is 2.15 bits per heavy atom. The highest BCUT2D eigenvalue weighted by atomic mass is 79.9. The first-order valence-electron chi connectivity index (χ1n) is 5.36. The molecule has 0 amide bonds. The van der Waals surface area contributed by atoms with Crippen molar-refractivity contribution in [2.75, 3.05) is 0 Å². The molecule has 0 fully saturated rings. The van der Waals surface area contributed by atoms with Crippen LogP contribution in [0.1, 0.15) is 16.1 Å². The van der Waals surface area contributed by atoms with Crippen LogP contribution in [0.3, 0.4) is 0 Å². The minimum atomic E-state index is -1.13. The van der Waals surface area contributed by atoms with Crippen LogP contribution in [0, 0.1) is 10.1 Å². The van der Waals surface area contributed by atoms with E-state index in [1.807, 2.05) is 0 Å². The summed E-state index contributed by atoms with van der Waals surface area (Å²) in [7, 11) is 0. The number of furan rings is 1. The maximum absolute atomic E-state index is 11.1. The quantitative estimate of drug-likeness (QED) is 0.661. The van der Waals surface area contributed by atoms with Crippen LogP contribution >= 0.6 is 15.9 Å². The van der Waals surface area contributed by atoms with Crippen molar-refractivity contribution in [3.63, 3.8) is 0 Å². The lowest BCUT2D eigenvalue weighted by atomic mass is 10.2. The Labute approximate surface area is 121 Å². The molecule has 2 rings (SSSR count). The fourth-order valence-corrected chi connectivity index (χ4v) is 1.85. The average molecular weight is 342 g/mol. The fourth-order valence-electron chi connectivity index (χ4n) is 1.49. The van der Waals surface area contributed by atoms with E-state index in [1.54, 1.807) is 6.07 Å². The number of carboxylic acid groups (broad SMARTS) is 1. The predicted octanol–water partition coefficient (Wildman–Crippen LogP) is 3.23. The van der Waals surface area contributed by atoms with E-state index in [0.717, 1.165) is 0 Å². The van der Waals surface area contributed by atoms with Gasteiger partial charge in [-0.15, -0.1) is 0 Å². The highest BCUT2D eigenvalue weighted by Gasteiger charge is 2.15. The van der Waals surface area contributed by atoms with E-state index in [1.165, 1.54) is 24.3 Å². The lowest BCUT2D eigenvalue weighted by Gasteiger charge is -2.07. The number of carboxylic acids is 1. The highest BCUT2D eigenvalue weighted by Crippen LogP contribution is 2.25. The first-order valence-corrected chi connectivity index (χ1v) is 6.15. The third-order valence-corrected chi connectivity index (χ3v) is 2.86. The van der Waals surface area contributed by atoms with Crippen molar-refractivity contribution >= 4 is 27.8 Å². The standard InChI is InChI=1S/C12H8BrNO6/c13-7-1-3-10(9(5-7)12(15)16)19-6-8-2-4-11(20-8)14(17)18/h1-5H,6H2,(H,15,16). The maximum Gasteiger partial charge on any atom is 0.433 e. The molecule has 0 aliphatic carbocycles. The number of nitro groups is 1. The van der Waals surface area contributed by atoms with Gasteiger partial charge in [0.2, 0.25) is 0 Å². The van der Waals surface area contributed by atoms with Gasteiger partial charge in [-0.05, 0) is 24.3 Å². The van der Waals surface area contributed by atoms with Gasteiger partial charge in [0.1, 0.15) is 28.6 Å². The number of halogens is 1. The molecule has 1 N–H and O–H groups in total. The van der Waals surface area contributed by atoms with Crippen LogP contribution in [0.4, 0.5) is 5.88 Å². The molecule has 0 radical (unpaired) electrons. The van der Waals surface area contributed by atoms with E-state index in [4.69, 9.17) is 14.3 Å². The first-order chi connectivity index (χ1) is 9.47. The Morgan fingerprint density at radius 3 is 2.75 bits per heavy atom. The fraction of sp³-hybridized carbons (Fsp3) is 0.0833. The molecule has 1 aromatic heterocycles. The van der Waals surface area contributed by atoms with E-state index in [0.29, 0.717) is 4.47 Å². The van der Waals surface area contributed by atoms with Crippen molar-refractivity contribution < 1.29 is 24.0 Å². The monoisotopic (exact) mass is 341 g/mol. The smallest absolute Gasteiger partial charge is 0.433 e. The average Bonchev–Trinajstić information content (AvgIpc) is 2.86. The summed E-state index contributed by atoms with van der Waals surface area (Å²) in [6, 6.07) is 7.13. The lowest BCUT2D eigenvalue weighted by molar-refractivity contribution is -0.402. The second kappa shape index (κ2) is 5.74. The molecule has 0 aliphatic heterocycles. The molecule has 0 saturated heterocycles. The van der Waals surface area contributed by atoms with Gasteiger partial charge in [-0.3, -0.25) is 10.1 Å². The van der Waals surface area contributed by atoms with Crippen LogP contribution in [0.15, 0.2) is 39.2 Å². The summed E-state index contributed by atoms with van der Waals surface area (Å²) in [4.78, 5) is 20.9. The van der Waals surface area contributed by atoms with Gasteiger partial charge in [0.05, 0.1) is 6.07 Å². The maximum atomic E-state index is 11.1. The number of ether oxygens (including phenoxy) is 1. The van der Waals surface area contributed by atoms with Crippen LogP contribution in [-0.2, 0) is 6.61 Å².